The molecule has 1 aromatic carbocycles. The molecule has 0 amide bonds. The SMILES string of the molecule is CC1CCCNC[C@@H]2N1C[C@]2(C)c1ccc(Br)cc1. The van der Waals surface area contributed by atoms with Crippen LogP contribution in [0, 0.1) is 0 Å². The molecule has 2 aliphatic heterocycles. The Morgan fingerprint density at radius 1 is 1.32 bits per heavy atom. The number of fused-ring (bicyclic) bond motifs is 1. The molecule has 2 aliphatic rings. The second kappa shape index (κ2) is 5.19. The van der Waals surface area contributed by atoms with Crippen LogP contribution in [0.2, 0.25) is 0 Å². The fraction of sp³-hybridized carbons (Fsp3) is 0.625. The molecule has 0 aliphatic carbocycles. The van der Waals surface area contributed by atoms with Gasteiger partial charge in [-0.3, -0.25) is 4.90 Å². The van der Waals surface area contributed by atoms with Gasteiger partial charge in [0.05, 0.1) is 0 Å². The number of rotatable bonds is 1. The van der Waals surface area contributed by atoms with E-state index in [4.69, 9.17) is 0 Å². The van der Waals surface area contributed by atoms with Crippen molar-refractivity contribution in [2.45, 2.75) is 44.2 Å². The Labute approximate surface area is 124 Å². The molecule has 2 heterocycles. The molecule has 0 aromatic heterocycles. The summed E-state index contributed by atoms with van der Waals surface area (Å²) in [6.07, 6.45) is 2.62. The molecule has 104 valence electrons. The summed E-state index contributed by atoms with van der Waals surface area (Å²) in [5.41, 5.74) is 1.78. The van der Waals surface area contributed by atoms with Crippen molar-refractivity contribution in [3.63, 3.8) is 0 Å². The van der Waals surface area contributed by atoms with Gasteiger partial charge in [-0.1, -0.05) is 35.0 Å². The Morgan fingerprint density at radius 2 is 2.05 bits per heavy atom. The van der Waals surface area contributed by atoms with Crippen molar-refractivity contribution < 1.29 is 0 Å². The topological polar surface area (TPSA) is 15.3 Å². The van der Waals surface area contributed by atoms with Crippen LogP contribution in [0.4, 0.5) is 0 Å². The standard InChI is InChI=1S/C16H23BrN2/c1-12-4-3-9-18-10-15-16(2,11-19(12)15)13-5-7-14(17)8-6-13/h5-8,12,15,18H,3-4,9-11H2,1-2H3/t12?,15-,16+/m0/s1. The highest BCUT2D eigenvalue weighted by atomic mass is 79.9. The van der Waals surface area contributed by atoms with E-state index in [0.29, 0.717) is 11.5 Å². The predicted octanol–water partition coefficient (Wildman–Crippen LogP) is 3.16. The number of halogens is 1. The Morgan fingerprint density at radius 3 is 2.79 bits per heavy atom. The highest BCUT2D eigenvalue weighted by molar-refractivity contribution is 9.10. The molecular formula is C16H23BrN2. The van der Waals surface area contributed by atoms with E-state index in [9.17, 15) is 0 Å². The minimum absolute atomic E-state index is 0.305. The molecule has 3 rings (SSSR count). The lowest BCUT2D eigenvalue weighted by molar-refractivity contribution is -0.0420. The molecule has 1 aromatic rings. The quantitative estimate of drug-likeness (QED) is 0.854. The van der Waals surface area contributed by atoms with Crippen LogP contribution in [0.1, 0.15) is 32.3 Å². The van der Waals surface area contributed by atoms with Crippen LogP contribution in [0.5, 0.6) is 0 Å². The van der Waals surface area contributed by atoms with Crippen LogP contribution in [0.3, 0.4) is 0 Å². The summed E-state index contributed by atoms with van der Waals surface area (Å²) in [5.74, 6) is 0. The summed E-state index contributed by atoms with van der Waals surface area (Å²) in [6.45, 7) is 8.30. The van der Waals surface area contributed by atoms with Crippen molar-refractivity contribution in [1.29, 1.82) is 0 Å². The van der Waals surface area contributed by atoms with Crippen LogP contribution in [-0.4, -0.2) is 36.6 Å². The third-order valence-corrected chi connectivity index (χ3v) is 5.56. The van der Waals surface area contributed by atoms with Gasteiger partial charge in [-0.25, -0.2) is 0 Å². The Kier molecular flexibility index (Phi) is 3.71. The molecule has 0 saturated carbocycles. The molecule has 0 bridgehead atoms. The van der Waals surface area contributed by atoms with E-state index >= 15 is 0 Å². The number of hydrogen-bond acceptors (Lipinski definition) is 2. The molecule has 1 unspecified atom stereocenters. The average Bonchev–Trinajstić information content (AvgIpc) is 2.38. The van der Waals surface area contributed by atoms with Gasteiger partial charge >= 0.3 is 0 Å². The summed E-state index contributed by atoms with van der Waals surface area (Å²) in [6, 6.07) is 10.3. The van der Waals surface area contributed by atoms with Gasteiger partial charge in [0.15, 0.2) is 0 Å². The molecule has 2 nitrogen and oxygen atoms in total. The lowest BCUT2D eigenvalue weighted by Gasteiger charge is -2.59. The molecule has 2 fully saturated rings. The predicted molar refractivity (Wildman–Crippen MR) is 83.6 cm³/mol. The third-order valence-electron chi connectivity index (χ3n) is 5.03. The third kappa shape index (κ3) is 2.37. The van der Waals surface area contributed by atoms with E-state index < -0.39 is 0 Å². The Balaban J connectivity index is 1.83. The van der Waals surface area contributed by atoms with E-state index in [2.05, 4.69) is 64.3 Å². The fourth-order valence-electron chi connectivity index (χ4n) is 3.70. The molecule has 0 radical (unpaired) electrons. The van der Waals surface area contributed by atoms with Crippen molar-refractivity contribution in [2.24, 2.45) is 0 Å². The highest BCUT2D eigenvalue weighted by Gasteiger charge is 2.51. The molecule has 0 spiro atoms. The van der Waals surface area contributed by atoms with Crippen molar-refractivity contribution in [3.05, 3.63) is 34.3 Å². The normalized spacial score (nSPS) is 35.9. The monoisotopic (exact) mass is 322 g/mol. The second-order valence-electron chi connectivity index (χ2n) is 6.31. The number of nitrogens with zero attached hydrogens (tertiary/aromatic N) is 1. The maximum Gasteiger partial charge on any atom is 0.0330 e. The minimum atomic E-state index is 0.305. The van der Waals surface area contributed by atoms with Crippen molar-refractivity contribution in [2.75, 3.05) is 19.6 Å². The van der Waals surface area contributed by atoms with Crippen molar-refractivity contribution in [1.82, 2.24) is 10.2 Å². The first-order valence-corrected chi connectivity index (χ1v) is 8.13. The zero-order valence-electron chi connectivity index (χ0n) is 11.8. The number of benzene rings is 1. The average molecular weight is 323 g/mol. The lowest BCUT2D eigenvalue weighted by Crippen LogP contribution is -2.71. The van der Waals surface area contributed by atoms with E-state index in [1.54, 1.807) is 0 Å². The van der Waals surface area contributed by atoms with E-state index in [1.165, 1.54) is 36.0 Å². The summed E-state index contributed by atoms with van der Waals surface area (Å²) >= 11 is 3.53. The minimum Gasteiger partial charge on any atom is -0.315 e. The van der Waals surface area contributed by atoms with Crippen molar-refractivity contribution in [3.8, 4) is 0 Å². The second-order valence-corrected chi connectivity index (χ2v) is 7.22. The summed E-state index contributed by atoms with van der Waals surface area (Å²) in [7, 11) is 0. The summed E-state index contributed by atoms with van der Waals surface area (Å²) < 4.78 is 1.17. The van der Waals surface area contributed by atoms with E-state index in [0.717, 1.165) is 12.6 Å². The maximum atomic E-state index is 3.62. The van der Waals surface area contributed by atoms with Gasteiger partial charge in [0.2, 0.25) is 0 Å². The van der Waals surface area contributed by atoms with Crippen molar-refractivity contribution >= 4 is 15.9 Å². The summed E-state index contributed by atoms with van der Waals surface area (Å²) in [5, 5.41) is 3.62. The smallest absolute Gasteiger partial charge is 0.0330 e. The van der Waals surface area contributed by atoms with Gasteiger partial charge < -0.3 is 5.32 Å². The molecule has 3 atom stereocenters. The van der Waals surface area contributed by atoms with Gasteiger partial charge in [0.1, 0.15) is 0 Å². The first-order chi connectivity index (χ1) is 9.11. The van der Waals surface area contributed by atoms with E-state index in [-0.39, 0.29) is 0 Å². The Hall–Kier alpha value is -0.380. The van der Waals surface area contributed by atoms with Gasteiger partial charge in [-0.2, -0.15) is 0 Å². The molecule has 3 heteroatoms. The van der Waals surface area contributed by atoms with Gasteiger partial charge in [-0.15, -0.1) is 0 Å². The Bertz CT molecular complexity index is 445. The first-order valence-electron chi connectivity index (χ1n) is 7.34. The zero-order valence-corrected chi connectivity index (χ0v) is 13.4. The fourth-order valence-corrected chi connectivity index (χ4v) is 3.96. The van der Waals surface area contributed by atoms with Crippen LogP contribution in [0.25, 0.3) is 0 Å². The van der Waals surface area contributed by atoms with Crippen LogP contribution in [-0.2, 0) is 5.41 Å². The largest absolute Gasteiger partial charge is 0.315 e. The maximum absolute atomic E-state index is 3.62. The van der Waals surface area contributed by atoms with Gasteiger partial charge in [0, 0.05) is 35.1 Å². The molecule has 1 N–H and O–H groups in total. The zero-order chi connectivity index (χ0) is 13.5. The lowest BCUT2D eigenvalue weighted by atomic mass is 9.67. The van der Waals surface area contributed by atoms with Gasteiger partial charge in [0.25, 0.3) is 0 Å². The van der Waals surface area contributed by atoms with Crippen LogP contribution in [0.15, 0.2) is 28.7 Å². The number of hydrogen-bond donors (Lipinski definition) is 1. The van der Waals surface area contributed by atoms with Crippen LogP contribution >= 0.6 is 15.9 Å². The first kappa shape index (κ1) is 13.6. The summed E-state index contributed by atoms with van der Waals surface area (Å²) in [4.78, 5) is 2.69. The number of nitrogens with one attached hydrogen (secondary N) is 1. The van der Waals surface area contributed by atoms with Crippen LogP contribution < -0.4 is 5.32 Å². The molecule has 2 saturated heterocycles. The van der Waals surface area contributed by atoms with E-state index in [1.807, 2.05) is 0 Å². The molecular weight excluding hydrogens is 300 g/mol. The molecule has 19 heavy (non-hydrogen) atoms. The van der Waals surface area contributed by atoms with Gasteiger partial charge in [-0.05, 0) is 44.0 Å². The highest BCUT2D eigenvalue weighted by Crippen LogP contribution is 2.42.